The third kappa shape index (κ3) is 3.12. The summed E-state index contributed by atoms with van der Waals surface area (Å²) in [6, 6.07) is 17.7. The molecule has 142 valence electrons. The van der Waals surface area contributed by atoms with Crippen molar-refractivity contribution in [3.05, 3.63) is 84.1 Å². The van der Waals surface area contributed by atoms with Gasteiger partial charge in [-0.1, -0.05) is 24.3 Å². The zero-order chi connectivity index (χ0) is 20.0. The standard InChI is InChI=1S/C22H16FN5O/c1-13-4-2-7-20-24-19(12-28(13)20)21(29)27-22-25-17-9-8-15(11-18(17)26-22)14-5-3-6-16(23)10-14/h2-12H,1H3,(H2,25,26,27,29). The van der Waals surface area contributed by atoms with E-state index in [1.165, 1.54) is 12.1 Å². The lowest BCUT2D eigenvalue weighted by Crippen LogP contribution is -2.13. The quantitative estimate of drug-likeness (QED) is 0.477. The fourth-order valence-corrected chi connectivity index (χ4v) is 3.34. The van der Waals surface area contributed by atoms with Crippen LogP contribution in [0.25, 0.3) is 27.8 Å². The summed E-state index contributed by atoms with van der Waals surface area (Å²) in [4.78, 5) is 24.5. The Hall–Kier alpha value is -4.00. The number of anilines is 1. The second-order valence-electron chi connectivity index (χ2n) is 6.80. The summed E-state index contributed by atoms with van der Waals surface area (Å²) in [5, 5.41) is 2.75. The maximum absolute atomic E-state index is 13.5. The Balaban J connectivity index is 1.44. The molecule has 0 saturated heterocycles. The maximum atomic E-state index is 13.5. The smallest absolute Gasteiger partial charge is 0.278 e. The average molecular weight is 385 g/mol. The number of amides is 1. The van der Waals surface area contributed by atoms with Crippen molar-refractivity contribution in [2.45, 2.75) is 6.92 Å². The van der Waals surface area contributed by atoms with E-state index >= 15 is 0 Å². The van der Waals surface area contributed by atoms with E-state index in [0.717, 1.165) is 22.3 Å². The third-order valence-electron chi connectivity index (χ3n) is 4.80. The maximum Gasteiger partial charge on any atom is 0.278 e. The summed E-state index contributed by atoms with van der Waals surface area (Å²) in [6.07, 6.45) is 1.70. The van der Waals surface area contributed by atoms with Crippen molar-refractivity contribution in [3.63, 3.8) is 0 Å². The molecule has 0 unspecified atom stereocenters. The van der Waals surface area contributed by atoms with E-state index in [1.54, 1.807) is 12.3 Å². The van der Waals surface area contributed by atoms with Gasteiger partial charge in [-0.05, 0) is 54.4 Å². The number of H-pyrrole nitrogens is 1. The van der Waals surface area contributed by atoms with Crippen molar-refractivity contribution in [2.75, 3.05) is 5.32 Å². The van der Waals surface area contributed by atoms with Gasteiger partial charge in [-0.15, -0.1) is 0 Å². The Morgan fingerprint density at radius 3 is 2.69 bits per heavy atom. The molecule has 6 nitrogen and oxygen atoms in total. The van der Waals surface area contributed by atoms with Crippen molar-refractivity contribution >= 4 is 28.5 Å². The van der Waals surface area contributed by atoms with Gasteiger partial charge in [0.1, 0.15) is 17.2 Å². The SMILES string of the molecule is Cc1cccc2nc(C(=O)Nc3nc4cc(-c5cccc(F)c5)ccc4[nH]3)cn12. The number of pyridine rings is 1. The van der Waals surface area contributed by atoms with Gasteiger partial charge in [-0.2, -0.15) is 0 Å². The first-order valence-corrected chi connectivity index (χ1v) is 9.09. The first-order valence-electron chi connectivity index (χ1n) is 9.09. The number of aromatic nitrogens is 4. The number of imidazole rings is 2. The van der Waals surface area contributed by atoms with Gasteiger partial charge in [0.05, 0.1) is 11.0 Å². The molecule has 0 saturated carbocycles. The minimum absolute atomic E-state index is 0.291. The van der Waals surface area contributed by atoms with E-state index in [-0.39, 0.29) is 11.7 Å². The Morgan fingerprint density at radius 2 is 1.86 bits per heavy atom. The van der Waals surface area contributed by atoms with Crippen molar-refractivity contribution in [2.24, 2.45) is 0 Å². The van der Waals surface area contributed by atoms with E-state index in [0.29, 0.717) is 22.8 Å². The highest BCUT2D eigenvalue weighted by atomic mass is 19.1. The van der Waals surface area contributed by atoms with Gasteiger partial charge in [0.2, 0.25) is 5.95 Å². The van der Waals surface area contributed by atoms with E-state index in [9.17, 15) is 9.18 Å². The number of fused-ring (bicyclic) bond motifs is 2. The van der Waals surface area contributed by atoms with Gasteiger partial charge in [-0.25, -0.2) is 14.4 Å². The van der Waals surface area contributed by atoms with E-state index in [1.807, 2.05) is 53.8 Å². The minimum Gasteiger partial charge on any atom is -0.324 e. The van der Waals surface area contributed by atoms with Crippen molar-refractivity contribution in [1.82, 2.24) is 19.4 Å². The Bertz CT molecular complexity index is 1380. The average Bonchev–Trinajstić information content (AvgIpc) is 3.31. The van der Waals surface area contributed by atoms with Gasteiger partial charge in [-0.3, -0.25) is 10.1 Å². The molecular weight excluding hydrogens is 369 g/mol. The molecule has 0 aliphatic carbocycles. The van der Waals surface area contributed by atoms with Crippen molar-refractivity contribution in [1.29, 1.82) is 0 Å². The summed E-state index contributed by atoms with van der Waals surface area (Å²) in [5.41, 5.74) is 5.05. The van der Waals surface area contributed by atoms with Gasteiger partial charge in [0.15, 0.2) is 0 Å². The lowest BCUT2D eigenvalue weighted by molar-refractivity contribution is 0.102. The van der Waals surface area contributed by atoms with Crippen LogP contribution in [0.4, 0.5) is 10.3 Å². The number of carbonyl (C=O) groups is 1. The summed E-state index contributed by atoms with van der Waals surface area (Å²) in [5.74, 6) is -0.312. The molecule has 1 amide bonds. The van der Waals surface area contributed by atoms with Crippen LogP contribution in [0.2, 0.25) is 0 Å². The van der Waals surface area contributed by atoms with E-state index < -0.39 is 0 Å². The molecule has 29 heavy (non-hydrogen) atoms. The number of nitrogens with one attached hydrogen (secondary N) is 2. The molecule has 0 aliphatic rings. The lowest BCUT2D eigenvalue weighted by atomic mass is 10.1. The summed E-state index contributed by atoms with van der Waals surface area (Å²) in [6.45, 7) is 1.95. The topological polar surface area (TPSA) is 75.1 Å². The number of hydrogen-bond donors (Lipinski definition) is 2. The predicted octanol–water partition coefficient (Wildman–Crippen LogP) is 4.58. The van der Waals surface area contributed by atoms with Gasteiger partial charge >= 0.3 is 0 Å². The fraction of sp³-hybridized carbons (Fsp3) is 0.0455. The normalized spacial score (nSPS) is 11.2. The molecule has 7 heteroatoms. The van der Waals surface area contributed by atoms with Crippen LogP contribution in [0.5, 0.6) is 0 Å². The Labute approximate surface area is 165 Å². The first-order chi connectivity index (χ1) is 14.1. The van der Waals surface area contributed by atoms with Crippen LogP contribution in [0.15, 0.2) is 66.9 Å². The van der Waals surface area contributed by atoms with Crippen LogP contribution in [0.1, 0.15) is 16.2 Å². The summed E-state index contributed by atoms with van der Waals surface area (Å²) >= 11 is 0. The number of hydrogen-bond acceptors (Lipinski definition) is 3. The summed E-state index contributed by atoms with van der Waals surface area (Å²) < 4.78 is 15.4. The zero-order valence-electron chi connectivity index (χ0n) is 15.5. The first kappa shape index (κ1) is 17.1. The number of halogens is 1. The highest BCUT2D eigenvalue weighted by molar-refractivity contribution is 6.03. The zero-order valence-corrected chi connectivity index (χ0v) is 15.5. The largest absolute Gasteiger partial charge is 0.324 e. The van der Waals surface area contributed by atoms with Crippen LogP contribution >= 0.6 is 0 Å². The molecule has 2 N–H and O–H groups in total. The molecule has 0 atom stereocenters. The van der Waals surface area contributed by atoms with Crippen LogP contribution < -0.4 is 5.32 Å². The van der Waals surface area contributed by atoms with E-state index in [2.05, 4.69) is 20.3 Å². The molecule has 0 aliphatic heterocycles. The Morgan fingerprint density at radius 1 is 1.03 bits per heavy atom. The predicted molar refractivity (Wildman–Crippen MR) is 109 cm³/mol. The molecule has 0 bridgehead atoms. The second-order valence-corrected chi connectivity index (χ2v) is 6.80. The van der Waals surface area contributed by atoms with Gasteiger partial charge in [0.25, 0.3) is 5.91 Å². The molecule has 5 rings (SSSR count). The number of benzene rings is 2. The van der Waals surface area contributed by atoms with Crippen LogP contribution in [0.3, 0.4) is 0 Å². The third-order valence-corrected chi connectivity index (χ3v) is 4.80. The highest BCUT2D eigenvalue weighted by Crippen LogP contribution is 2.25. The van der Waals surface area contributed by atoms with Crippen molar-refractivity contribution < 1.29 is 9.18 Å². The number of nitrogens with zero attached hydrogens (tertiary/aromatic N) is 3. The lowest BCUT2D eigenvalue weighted by Gasteiger charge is -2.01. The fourth-order valence-electron chi connectivity index (χ4n) is 3.34. The van der Waals surface area contributed by atoms with Crippen LogP contribution in [-0.4, -0.2) is 25.3 Å². The molecular formula is C22H16FN5O. The molecule has 0 fully saturated rings. The molecule has 3 heterocycles. The monoisotopic (exact) mass is 385 g/mol. The summed E-state index contributed by atoms with van der Waals surface area (Å²) in [7, 11) is 0. The molecule has 0 spiro atoms. The molecule has 3 aromatic heterocycles. The number of aromatic amines is 1. The van der Waals surface area contributed by atoms with Gasteiger partial charge in [0, 0.05) is 11.9 Å². The number of rotatable bonds is 3. The molecule has 2 aromatic carbocycles. The molecule has 5 aromatic rings. The van der Waals surface area contributed by atoms with Gasteiger partial charge < -0.3 is 9.38 Å². The minimum atomic E-state index is -0.350. The second kappa shape index (κ2) is 6.56. The van der Waals surface area contributed by atoms with Crippen LogP contribution in [0, 0.1) is 12.7 Å². The molecule has 0 radical (unpaired) electrons. The number of aryl methyl sites for hydroxylation is 1. The van der Waals surface area contributed by atoms with E-state index in [4.69, 9.17) is 0 Å². The van der Waals surface area contributed by atoms with Crippen molar-refractivity contribution in [3.8, 4) is 11.1 Å². The Kier molecular flexibility index (Phi) is 3.87. The number of carbonyl (C=O) groups excluding carboxylic acids is 1. The van der Waals surface area contributed by atoms with Crippen LogP contribution in [-0.2, 0) is 0 Å². The highest BCUT2D eigenvalue weighted by Gasteiger charge is 2.14.